The van der Waals surface area contributed by atoms with Crippen LogP contribution in [0.15, 0.2) is 92.3 Å². The fourth-order valence-corrected chi connectivity index (χ4v) is 4.08. The van der Waals surface area contributed by atoms with Crippen molar-refractivity contribution in [3.8, 4) is 17.4 Å². The Morgan fingerprint density at radius 2 is 1.72 bits per heavy atom. The van der Waals surface area contributed by atoms with E-state index in [2.05, 4.69) is 15.9 Å². The second-order valence-corrected chi connectivity index (χ2v) is 8.20. The third-order valence-electron chi connectivity index (χ3n) is 5.34. The van der Waals surface area contributed by atoms with Crippen molar-refractivity contribution in [2.75, 3.05) is 6.54 Å². The molecule has 5 nitrogen and oxygen atoms in total. The van der Waals surface area contributed by atoms with Crippen LogP contribution in [0.4, 0.5) is 0 Å². The Bertz CT molecular complexity index is 1300. The predicted octanol–water partition coefficient (Wildman–Crippen LogP) is 5.54. The number of hydrogen-bond donors (Lipinski definition) is 0. The molecule has 0 saturated heterocycles. The van der Waals surface area contributed by atoms with Gasteiger partial charge in [0.2, 0.25) is 0 Å². The molecule has 1 aliphatic heterocycles. The van der Waals surface area contributed by atoms with Gasteiger partial charge in [-0.1, -0.05) is 64.5 Å². The van der Waals surface area contributed by atoms with Crippen LogP contribution in [0.3, 0.4) is 0 Å². The number of imide groups is 1. The number of amides is 2. The molecule has 0 atom stereocenters. The average Bonchev–Trinajstić information content (AvgIpc) is 3.26. The highest BCUT2D eigenvalue weighted by atomic mass is 79.9. The fraction of sp³-hybridized carbons (Fsp3) is 0.115. The van der Waals surface area contributed by atoms with Gasteiger partial charge in [-0.15, -0.1) is 0 Å². The number of halogens is 1. The number of nitriles is 1. The van der Waals surface area contributed by atoms with Crippen molar-refractivity contribution >= 4 is 33.8 Å². The Morgan fingerprint density at radius 1 is 1.00 bits per heavy atom. The molecule has 32 heavy (non-hydrogen) atoms. The summed E-state index contributed by atoms with van der Waals surface area (Å²) in [6, 6.07) is 22.8. The van der Waals surface area contributed by atoms with E-state index in [0.717, 1.165) is 20.5 Å². The third-order valence-corrected chi connectivity index (χ3v) is 6.04. The van der Waals surface area contributed by atoms with Crippen LogP contribution in [0.5, 0.6) is 0 Å². The lowest BCUT2D eigenvalue weighted by Gasteiger charge is -2.27. The molecule has 1 aromatic heterocycles. The molecular weight excluding hydrogens is 468 g/mol. The Kier molecular flexibility index (Phi) is 6.20. The van der Waals surface area contributed by atoms with Gasteiger partial charge in [-0.2, -0.15) is 5.26 Å². The van der Waals surface area contributed by atoms with Crippen molar-refractivity contribution in [3.63, 3.8) is 0 Å². The van der Waals surface area contributed by atoms with Crippen LogP contribution in [0.25, 0.3) is 17.4 Å². The molecule has 158 valence electrons. The Labute approximate surface area is 194 Å². The van der Waals surface area contributed by atoms with E-state index in [1.165, 1.54) is 0 Å². The summed E-state index contributed by atoms with van der Waals surface area (Å²) in [7, 11) is 0. The van der Waals surface area contributed by atoms with E-state index in [-0.39, 0.29) is 17.7 Å². The van der Waals surface area contributed by atoms with E-state index in [9.17, 15) is 14.9 Å². The third kappa shape index (κ3) is 4.20. The number of hydrogen-bond acceptors (Lipinski definition) is 4. The molecule has 0 fully saturated rings. The van der Waals surface area contributed by atoms with E-state index >= 15 is 0 Å². The highest BCUT2D eigenvalue weighted by Gasteiger charge is 2.35. The Balaban J connectivity index is 1.66. The predicted molar refractivity (Wildman–Crippen MR) is 125 cm³/mol. The summed E-state index contributed by atoms with van der Waals surface area (Å²) in [6.45, 7) is 1.81. The van der Waals surface area contributed by atoms with Crippen LogP contribution in [-0.2, 0) is 16.0 Å². The highest BCUT2D eigenvalue weighted by Crippen LogP contribution is 2.32. The van der Waals surface area contributed by atoms with Gasteiger partial charge in [-0.3, -0.25) is 14.5 Å². The zero-order chi connectivity index (χ0) is 22.7. The molecule has 0 saturated carbocycles. The maximum absolute atomic E-state index is 13.2. The average molecular weight is 487 g/mol. The van der Waals surface area contributed by atoms with Crippen molar-refractivity contribution < 1.29 is 14.0 Å². The number of nitrogens with zero attached hydrogens (tertiary/aromatic N) is 2. The van der Waals surface area contributed by atoms with Gasteiger partial charge in [-0.25, -0.2) is 0 Å². The first-order chi connectivity index (χ1) is 15.5. The molecule has 0 unspecified atom stereocenters. The van der Waals surface area contributed by atoms with Gasteiger partial charge >= 0.3 is 0 Å². The molecule has 2 aromatic carbocycles. The summed E-state index contributed by atoms with van der Waals surface area (Å²) in [4.78, 5) is 27.1. The second-order valence-electron chi connectivity index (χ2n) is 7.35. The molecule has 6 heteroatoms. The number of furan rings is 1. The van der Waals surface area contributed by atoms with Crippen LogP contribution in [0, 0.1) is 11.3 Å². The number of benzene rings is 2. The lowest BCUT2D eigenvalue weighted by atomic mass is 9.94. The van der Waals surface area contributed by atoms with Crippen molar-refractivity contribution in [1.29, 1.82) is 5.26 Å². The second kappa shape index (κ2) is 9.21. The van der Waals surface area contributed by atoms with E-state index in [4.69, 9.17) is 4.42 Å². The van der Waals surface area contributed by atoms with Gasteiger partial charge in [0.1, 0.15) is 23.2 Å². The van der Waals surface area contributed by atoms with Crippen molar-refractivity contribution in [2.24, 2.45) is 0 Å². The lowest BCUT2D eigenvalue weighted by molar-refractivity contribution is -0.140. The molecule has 1 aliphatic rings. The first kappa shape index (κ1) is 21.5. The lowest BCUT2D eigenvalue weighted by Crippen LogP contribution is -2.43. The molecular formula is C26H19BrN2O3. The summed E-state index contributed by atoms with van der Waals surface area (Å²) in [5.41, 5.74) is 2.50. The summed E-state index contributed by atoms with van der Waals surface area (Å²) in [6.07, 6.45) is 2.10. The number of carbonyl (C=O) groups is 2. The van der Waals surface area contributed by atoms with Crippen LogP contribution in [0.2, 0.25) is 0 Å². The van der Waals surface area contributed by atoms with Crippen molar-refractivity contribution in [2.45, 2.75) is 13.3 Å². The molecule has 2 heterocycles. The molecule has 4 rings (SSSR count). The maximum Gasteiger partial charge on any atom is 0.271 e. The fourth-order valence-electron chi connectivity index (χ4n) is 3.60. The maximum atomic E-state index is 13.2. The van der Waals surface area contributed by atoms with Crippen molar-refractivity contribution in [1.82, 2.24) is 4.90 Å². The zero-order valence-electron chi connectivity index (χ0n) is 17.3. The first-order valence-corrected chi connectivity index (χ1v) is 10.9. The summed E-state index contributed by atoms with van der Waals surface area (Å²) in [5, 5.41) is 9.57. The molecule has 0 N–H and O–H groups in total. The van der Waals surface area contributed by atoms with Crippen LogP contribution in [0.1, 0.15) is 18.2 Å². The smallest absolute Gasteiger partial charge is 0.271 e. The topological polar surface area (TPSA) is 74.3 Å². The molecule has 0 aliphatic carbocycles. The Hall–Kier alpha value is -3.69. The van der Waals surface area contributed by atoms with Crippen molar-refractivity contribution in [3.05, 3.63) is 99.2 Å². The highest BCUT2D eigenvalue weighted by molar-refractivity contribution is 9.10. The zero-order valence-corrected chi connectivity index (χ0v) is 18.9. The summed E-state index contributed by atoms with van der Waals surface area (Å²) >= 11 is 3.51. The van der Waals surface area contributed by atoms with E-state index in [1.54, 1.807) is 19.1 Å². The van der Waals surface area contributed by atoms with E-state index in [0.29, 0.717) is 23.5 Å². The minimum atomic E-state index is -0.559. The molecule has 3 aromatic rings. The summed E-state index contributed by atoms with van der Waals surface area (Å²) in [5.74, 6) is 0.123. The Morgan fingerprint density at radius 3 is 2.44 bits per heavy atom. The van der Waals surface area contributed by atoms with Gasteiger partial charge < -0.3 is 4.42 Å². The standard InChI is InChI=1S/C26H19BrN2O3/c1-17-21(15-19-11-12-24(32-19)20-9-5-6-10-23(20)27)25(30)29(26(31)22(17)16-28)14-13-18-7-3-2-4-8-18/h2-12,15H,13-14H2,1H3/b21-15+. The monoisotopic (exact) mass is 486 g/mol. The number of carbonyl (C=O) groups excluding carboxylic acids is 2. The SMILES string of the molecule is CC1=C(C#N)C(=O)N(CCc2ccccc2)C(=O)/C1=C/c1ccc(-c2ccccc2Br)o1. The minimum absolute atomic E-state index is 0.0264. The normalized spacial score (nSPS) is 15.4. The van der Waals surface area contributed by atoms with Gasteiger partial charge in [0.05, 0.1) is 0 Å². The minimum Gasteiger partial charge on any atom is -0.457 e. The molecule has 0 spiro atoms. The first-order valence-electron chi connectivity index (χ1n) is 10.1. The molecule has 0 bridgehead atoms. The van der Waals surface area contributed by atoms with Gasteiger partial charge in [-0.05, 0) is 48.8 Å². The van der Waals surface area contributed by atoms with Crippen LogP contribution < -0.4 is 0 Å². The van der Waals surface area contributed by atoms with Gasteiger partial charge in [0, 0.05) is 22.2 Å². The van der Waals surface area contributed by atoms with E-state index in [1.807, 2.05) is 66.7 Å². The summed E-state index contributed by atoms with van der Waals surface area (Å²) < 4.78 is 6.83. The van der Waals surface area contributed by atoms with Crippen LogP contribution >= 0.6 is 15.9 Å². The largest absolute Gasteiger partial charge is 0.457 e. The van der Waals surface area contributed by atoms with Gasteiger partial charge in [0.15, 0.2) is 0 Å². The van der Waals surface area contributed by atoms with Crippen LogP contribution in [-0.4, -0.2) is 23.3 Å². The molecule has 0 radical (unpaired) electrons. The number of rotatable bonds is 5. The van der Waals surface area contributed by atoms with E-state index < -0.39 is 11.8 Å². The quantitative estimate of drug-likeness (QED) is 0.350. The van der Waals surface area contributed by atoms with Gasteiger partial charge in [0.25, 0.3) is 11.8 Å². The molecule has 2 amide bonds.